The topological polar surface area (TPSA) is 61.4 Å². The molecule has 5 nitrogen and oxygen atoms in total. The highest BCUT2D eigenvalue weighted by Crippen LogP contribution is 2.53. The molecule has 5 heteroatoms. The van der Waals surface area contributed by atoms with Crippen LogP contribution in [0.1, 0.15) is 112 Å². The third-order valence-corrected chi connectivity index (χ3v) is 10.3. The number of hydrogen-bond donors (Lipinski definition) is 2. The number of fused-ring (bicyclic) bond motifs is 5. The van der Waals surface area contributed by atoms with Crippen LogP contribution in [0.3, 0.4) is 0 Å². The lowest BCUT2D eigenvalue weighted by atomic mass is 9.84. The van der Waals surface area contributed by atoms with Crippen LogP contribution in [0.25, 0.3) is 0 Å². The van der Waals surface area contributed by atoms with Crippen molar-refractivity contribution in [1.82, 2.24) is 15.5 Å². The summed E-state index contributed by atoms with van der Waals surface area (Å²) in [5.74, 6) is 1.75. The molecule has 2 bridgehead atoms. The van der Waals surface area contributed by atoms with Gasteiger partial charge in [-0.15, -0.1) is 0 Å². The molecular formula is C35H47N3O2. The van der Waals surface area contributed by atoms with Crippen LogP contribution in [0.2, 0.25) is 0 Å². The van der Waals surface area contributed by atoms with Crippen LogP contribution in [-0.2, 0) is 22.4 Å². The molecule has 2 aromatic carbocycles. The van der Waals surface area contributed by atoms with Crippen molar-refractivity contribution in [3.8, 4) is 0 Å². The second kappa shape index (κ2) is 12.5. The van der Waals surface area contributed by atoms with Crippen LogP contribution < -0.4 is 10.6 Å². The van der Waals surface area contributed by atoms with Crippen LogP contribution >= 0.6 is 0 Å². The highest BCUT2D eigenvalue weighted by molar-refractivity contribution is 5.80. The van der Waals surface area contributed by atoms with Crippen LogP contribution in [0, 0.1) is 11.8 Å². The van der Waals surface area contributed by atoms with Crippen molar-refractivity contribution in [2.24, 2.45) is 11.8 Å². The van der Waals surface area contributed by atoms with E-state index in [1.807, 2.05) is 24.3 Å². The molecule has 2 amide bonds. The summed E-state index contributed by atoms with van der Waals surface area (Å²) in [4.78, 5) is 28.2. The Morgan fingerprint density at radius 3 is 1.77 bits per heavy atom. The molecule has 0 unspecified atom stereocenters. The van der Waals surface area contributed by atoms with E-state index in [1.165, 1.54) is 51.5 Å². The molecule has 1 saturated heterocycles. The van der Waals surface area contributed by atoms with Crippen molar-refractivity contribution in [3.05, 3.63) is 70.8 Å². The number of nitrogens with one attached hydrogen (secondary N) is 2. The molecule has 2 atom stereocenters. The van der Waals surface area contributed by atoms with E-state index in [9.17, 15) is 9.59 Å². The molecule has 6 rings (SSSR count). The highest BCUT2D eigenvalue weighted by atomic mass is 16.2. The van der Waals surface area contributed by atoms with Crippen molar-refractivity contribution in [3.63, 3.8) is 0 Å². The molecule has 2 heterocycles. The first-order chi connectivity index (χ1) is 19.5. The number of carbonyl (C=O) groups excluding carboxylic acids is 2. The third-order valence-electron chi connectivity index (χ3n) is 10.3. The van der Waals surface area contributed by atoms with Gasteiger partial charge in [0.2, 0.25) is 11.8 Å². The van der Waals surface area contributed by atoms with Crippen LogP contribution in [0.5, 0.6) is 0 Å². The van der Waals surface area contributed by atoms with Crippen molar-refractivity contribution in [2.45, 2.75) is 115 Å². The summed E-state index contributed by atoms with van der Waals surface area (Å²) in [5.41, 5.74) is 5.13. The number of amides is 2. The molecule has 2 aliphatic heterocycles. The van der Waals surface area contributed by atoms with Gasteiger partial charge in [-0.2, -0.15) is 0 Å². The first-order valence-electron chi connectivity index (χ1n) is 16.0. The molecule has 2 saturated carbocycles. The summed E-state index contributed by atoms with van der Waals surface area (Å²) in [6.45, 7) is 3.50. The van der Waals surface area contributed by atoms with E-state index < -0.39 is 0 Å². The quantitative estimate of drug-likeness (QED) is 0.385. The Bertz CT molecular complexity index is 1150. The standard InChI is InChI=1S/C35H47N3O2/c1-24-9-13-28(14-10-24)36-34(39)22-26-5-4-6-27(21-26)23-35(40)37-29-15-11-25(12-16-29)19-20-38-32-17-18-33(38)31-8-3-2-7-30(31)32/h2-8,21,24-25,28-29,32-33H,9-20,22-23H2,1H3,(H,36,39)(H,37,40)/t24?,25?,28?,29?,32-,33+. The maximum atomic E-state index is 12.9. The van der Waals surface area contributed by atoms with E-state index in [1.54, 1.807) is 11.1 Å². The summed E-state index contributed by atoms with van der Waals surface area (Å²) in [5, 5.41) is 6.53. The predicted molar refractivity (Wildman–Crippen MR) is 160 cm³/mol. The fourth-order valence-electron chi connectivity index (χ4n) is 8.07. The first kappa shape index (κ1) is 27.5. The molecule has 3 fully saturated rings. The minimum atomic E-state index is 0.0971. The summed E-state index contributed by atoms with van der Waals surface area (Å²) in [7, 11) is 0. The molecule has 4 aliphatic rings. The van der Waals surface area contributed by atoms with E-state index in [-0.39, 0.29) is 11.8 Å². The van der Waals surface area contributed by atoms with Gasteiger partial charge >= 0.3 is 0 Å². The van der Waals surface area contributed by atoms with Gasteiger partial charge < -0.3 is 10.6 Å². The van der Waals surface area contributed by atoms with Gasteiger partial charge in [0, 0.05) is 24.2 Å². The Kier molecular flexibility index (Phi) is 8.57. The smallest absolute Gasteiger partial charge is 0.224 e. The van der Waals surface area contributed by atoms with E-state index in [2.05, 4.69) is 46.7 Å². The Balaban J connectivity index is 0.906. The summed E-state index contributed by atoms with van der Waals surface area (Å²) in [6.07, 6.45) is 13.9. The largest absolute Gasteiger partial charge is 0.353 e. The van der Waals surface area contributed by atoms with Crippen molar-refractivity contribution >= 4 is 11.8 Å². The number of rotatable bonds is 9. The monoisotopic (exact) mass is 541 g/mol. The summed E-state index contributed by atoms with van der Waals surface area (Å²) < 4.78 is 0. The zero-order chi connectivity index (χ0) is 27.5. The zero-order valence-electron chi connectivity index (χ0n) is 24.2. The minimum Gasteiger partial charge on any atom is -0.353 e. The average Bonchev–Trinajstić information content (AvgIpc) is 3.50. The molecule has 2 aliphatic carbocycles. The lowest BCUT2D eigenvalue weighted by molar-refractivity contribution is -0.122. The van der Waals surface area contributed by atoms with Gasteiger partial charge in [-0.1, -0.05) is 55.5 Å². The molecule has 0 aromatic heterocycles. The predicted octanol–water partition coefficient (Wildman–Crippen LogP) is 6.42. The van der Waals surface area contributed by atoms with Gasteiger partial charge in [0.05, 0.1) is 12.8 Å². The maximum absolute atomic E-state index is 12.9. The van der Waals surface area contributed by atoms with E-state index in [0.717, 1.165) is 48.6 Å². The third kappa shape index (κ3) is 6.46. The molecule has 0 radical (unpaired) electrons. The fourth-order valence-corrected chi connectivity index (χ4v) is 8.07. The SMILES string of the molecule is CC1CCC(NC(=O)Cc2cccc(CC(=O)NC3CCC(CCN4[C@@H]5CC[C@H]4c4ccccc45)CC3)c2)CC1. The fraction of sp³-hybridized carbons (Fsp3) is 0.600. The van der Waals surface area contributed by atoms with Gasteiger partial charge in [0.1, 0.15) is 0 Å². The molecule has 214 valence electrons. The summed E-state index contributed by atoms with van der Waals surface area (Å²) in [6, 6.07) is 19.0. The van der Waals surface area contributed by atoms with Gasteiger partial charge in [0.15, 0.2) is 0 Å². The van der Waals surface area contributed by atoms with Gasteiger partial charge in [-0.3, -0.25) is 14.5 Å². The van der Waals surface area contributed by atoms with Gasteiger partial charge in [-0.25, -0.2) is 0 Å². The van der Waals surface area contributed by atoms with Crippen molar-refractivity contribution in [1.29, 1.82) is 0 Å². The number of carbonyl (C=O) groups is 2. The van der Waals surface area contributed by atoms with Gasteiger partial charge in [0.25, 0.3) is 0 Å². The Morgan fingerprint density at radius 1 is 0.700 bits per heavy atom. The maximum Gasteiger partial charge on any atom is 0.224 e. The van der Waals surface area contributed by atoms with Crippen LogP contribution in [-0.4, -0.2) is 35.3 Å². The number of nitrogens with zero attached hydrogens (tertiary/aromatic N) is 1. The van der Waals surface area contributed by atoms with Crippen LogP contribution in [0.4, 0.5) is 0 Å². The zero-order valence-corrected chi connectivity index (χ0v) is 24.2. The first-order valence-corrected chi connectivity index (χ1v) is 16.0. The highest BCUT2D eigenvalue weighted by Gasteiger charge is 2.43. The average molecular weight is 542 g/mol. The van der Waals surface area contributed by atoms with Crippen LogP contribution in [0.15, 0.2) is 48.5 Å². The Hall–Kier alpha value is -2.66. The Labute approximate surface area is 240 Å². The molecule has 2 aromatic rings. The second-order valence-corrected chi connectivity index (χ2v) is 13.2. The lowest BCUT2D eigenvalue weighted by Crippen LogP contribution is -2.39. The molecule has 40 heavy (non-hydrogen) atoms. The molecular weight excluding hydrogens is 494 g/mol. The van der Waals surface area contributed by atoms with E-state index >= 15 is 0 Å². The number of hydrogen-bond acceptors (Lipinski definition) is 3. The second-order valence-electron chi connectivity index (χ2n) is 13.2. The molecule has 0 spiro atoms. The Morgan fingerprint density at radius 2 is 1.23 bits per heavy atom. The van der Waals surface area contributed by atoms with E-state index in [0.29, 0.717) is 37.0 Å². The summed E-state index contributed by atoms with van der Waals surface area (Å²) >= 11 is 0. The lowest BCUT2D eigenvalue weighted by Gasteiger charge is -2.31. The van der Waals surface area contributed by atoms with Gasteiger partial charge in [-0.05, 0) is 111 Å². The normalized spacial score (nSPS) is 29.6. The van der Waals surface area contributed by atoms with Crippen molar-refractivity contribution in [2.75, 3.05) is 6.54 Å². The van der Waals surface area contributed by atoms with E-state index in [4.69, 9.17) is 0 Å². The van der Waals surface area contributed by atoms with Crippen molar-refractivity contribution < 1.29 is 9.59 Å². The number of benzene rings is 2. The minimum absolute atomic E-state index is 0.0971. The molecule has 2 N–H and O–H groups in total.